The first-order chi connectivity index (χ1) is 11.0. The third-order valence-electron chi connectivity index (χ3n) is 2.98. The summed E-state index contributed by atoms with van der Waals surface area (Å²) in [5.41, 5.74) is 2.22. The van der Waals surface area contributed by atoms with Crippen LogP contribution in [0.2, 0.25) is 5.15 Å². The Labute approximate surface area is 138 Å². The smallest absolute Gasteiger partial charge is 0.394 e. The van der Waals surface area contributed by atoms with Gasteiger partial charge in [-0.05, 0) is 30.7 Å². The molecule has 0 bridgehead atoms. The second-order valence-electron chi connectivity index (χ2n) is 4.52. The van der Waals surface area contributed by atoms with Gasteiger partial charge in [-0.2, -0.15) is 0 Å². The lowest BCUT2D eigenvalue weighted by molar-refractivity contribution is -0.133. The largest absolute Gasteiger partial charge is 0.462 e. The minimum Gasteiger partial charge on any atom is -0.462 e. The lowest BCUT2D eigenvalue weighted by atomic mass is 10.1. The average Bonchev–Trinajstić information content (AvgIpc) is 2.55. The fraction of sp³-hybridized carbons (Fsp3) is 0.188. The molecule has 7 heteroatoms. The van der Waals surface area contributed by atoms with Crippen molar-refractivity contribution in [1.29, 1.82) is 0 Å². The Morgan fingerprint density at radius 2 is 2.13 bits per heavy atom. The molecule has 1 aromatic carbocycles. The molecule has 0 saturated carbocycles. The topological polar surface area (TPSA) is 81.0 Å². The molecule has 0 saturated heterocycles. The lowest BCUT2D eigenvalue weighted by Crippen LogP contribution is -2.23. The summed E-state index contributed by atoms with van der Waals surface area (Å²) in [7, 11) is 1.21. The summed E-state index contributed by atoms with van der Waals surface area (Å²) in [5, 5.41) is 9.27. The number of nitrogens with zero attached hydrogens (tertiary/aromatic N) is 2. The Kier molecular flexibility index (Phi) is 5.67. The molecule has 0 radical (unpaired) electrons. The number of carbonyl (C=O) groups excluding carboxylic acids is 1. The molecule has 6 nitrogen and oxygen atoms in total. The molecule has 0 aliphatic heterocycles. The molecule has 0 spiro atoms. The van der Waals surface area contributed by atoms with Crippen molar-refractivity contribution in [3.05, 3.63) is 47.1 Å². The first kappa shape index (κ1) is 16.9. The van der Waals surface area contributed by atoms with Gasteiger partial charge in [-0.25, -0.2) is 14.8 Å². The highest BCUT2D eigenvalue weighted by atomic mass is 35.5. The van der Waals surface area contributed by atoms with Crippen LogP contribution < -0.4 is 4.74 Å². The van der Waals surface area contributed by atoms with Gasteiger partial charge in [0.1, 0.15) is 17.6 Å². The predicted octanol–water partition coefficient (Wildman–Crippen LogP) is 2.61. The number of halogens is 1. The van der Waals surface area contributed by atoms with Crippen LogP contribution in [0.1, 0.15) is 5.56 Å². The predicted molar refractivity (Wildman–Crippen MR) is 86.6 cm³/mol. The molecule has 120 valence electrons. The van der Waals surface area contributed by atoms with Crippen molar-refractivity contribution >= 4 is 23.5 Å². The molecule has 0 atom stereocenters. The Bertz CT molecular complexity index is 747. The van der Waals surface area contributed by atoms with E-state index < -0.39 is 12.7 Å². The highest BCUT2D eigenvalue weighted by Crippen LogP contribution is 2.27. The Morgan fingerprint density at radius 1 is 1.35 bits per heavy atom. The molecule has 1 heterocycles. The number of esters is 1. The van der Waals surface area contributed by atoms with Crippen LogP contribution in [0.15, 0.2) is 41.4 Å². The Hall–Kier alpha value is -2.44. The molecule has 0 unspecified atom stereocenters. The number of aliphatic hydroxyl groups is 1. The molecule has 2 aromatic rings. The normalized spacial score (nSPS) is 11.2. The second-order valence-corrected chi connectivity index (χ2v) is 4.91. The maximum atomic E-state index is 11.6. The number of hydrogen-bond donors (Lipinski definition) is 1. The second kappa shape index (κ2) is 7.71. The molecule has 0 aliphatic rings. The number of rotatable bonds is 3. The van der Waals surface area contributed by atoms with E-state index in [2.05, 4.69) is 14.7 Å². The van der Waals surface area contributed by atoms with Gasteiger partial charge in [0.05, 0.1) is 12.8 Å². The van der Waals surface area contributed by atoms with E-state index in [1.165, 1.54) is 7.11 Å². The minimum absolute atomic E-state index is 0.325. The molecular formula is C16H15ClN2O4. The van der Waals surface area contributed by atoms with Gasteiger partial charge in [-0.3, -0.25) is 0 Å². The van der Waals surface area contributed by atoms with E-state index in [1.54, 1.807) is 18.2 Å². The van der Waals surface area contributed by atoms with Crippen molar-refractivity contribution < 1.29 is 19.4 Å². The third kappa shape index (κ3) is 4.28. The van der Waals surface area contributed by atoms with E-state index in [0.29, 0.717) is 16.6 Å². The Morgan fingerprint density at radius 3 is 2.78 bits per heavy atom. The number of aryl methyl sites for hydroxylation is 1. The number of benzene rings is 1. The van der Waals surface area contributed by atoms with Gasteiger partial charge in [-0.1, -0.05) is 29.8 Å². The summed E-state index contributed by atoms with van der Waals surface area (Å²) < 4.78 is 10.1. The van der Waals surface area contributed by atoms with E-state index in [4.69, 9.17) is 21.4 Å². The summed E-state index contributed by atoms with van der Waals surface area (Å²) >= 11 is 5.90. The first-order valence-electron chi connectivity index (χ1n) is 6.70. The highest BCUT2D eigenvalue weighted by Gasteiger charge is 2.16. The SMILES string of the molecule is COC(=O)/C(=N/CO)Oc1cc(-c2cccc(Cl)n2)ccc1C. The quantitative estimate of drug-likeness (QED) is 0.404. The summed E-state index contributed by atoms with van der Waals surface area (Å²) in [4.78, 5) is 19.4. The van der Waals surface area contributed by atoms with E-state index in [9.17, 15) is 4.79 Å². The van der Waals surface area contributed by atoms with Crippen LogP contribution in [-0.2, 0) is 9.53 Å². The van der Waals surface area contributed by atoms with Crippen molar-refractivity contribution in [2.45, 2.75) is 6.92 Å². The van der Waals surface area contributed by atoms with E-state index in [1.807, 2.05) is 25.1 Å². The maximum Gasteiger partial charge on any atom is 0.394 e. The molecule has 2 rings (SSSR count). The number of hydrogen-bond acceptors (Lipinski definition) is 6. The van der Waals surface area contributed by atoms with Gasteiger partial charge in [0, 0.05) is 5.56 Å². The number of pyridine rings is 1. The number of methoxy groups -OCH3 is 1. The zero-order valence-corrected chi connectivity index (χ0v) is 13.4. The summed E-state index contributed by atoms with van der Waals surface area (Å²) in [6, 6.07) is 10.7. The number of aliphatic hydroxyl groups excluding tert-OH is 1. The summed E-state index contributed by atoms with van der Waals surface area (Å²) in [5.74, 6) is -0.694. The van der Waals surface area contributed by atoms with E-state index >= 15 is 0 Å². The van der Waals surface area contributed by atoms with Crippen LogP contribution >= 0.6 is 11.6 Å². The molecule has 1 N–H and O–H groups in total. The van der Waals surface area contributed by atoms with Gasteiger partial charge >= 0.3 is 11.9 Å². The van der Waals surface area contributed by atoms with Crippen LogP contribution in [0.4, 0.5) is 0 Å². The zero-order valence-electron chi connectivity index (χ0n) is 12.6. The summed E-state index contributed by atoms with van der Waals surface area (Å²) in [6.07, 6.45) is 0. The maximum absolute atomic E-state index is 11.6. The van der Waals surface area contributed by atoms with Crippen molar-refractivity contribution in [2.24, 2.45) is 4.99 Å². The molecular weight excluding hydrogens is 320 g/mol. The fourth-order valence-corrected chi connectivity index (χ4v) is 2.00. The van der Waals surface area contributed by atoms with Gasteiger partial charge in [-0.15, -0.1) is 0 Å². The third-order valence-corrected chi connectivity index (χ3v) is 3.19. The standard InChI is InChI=1S/C16H15ClN2O4/c1-10-6-7-11(12-4-3-5-14(17)19-12)8-13(10)23-15(18-9-20)16(21)22-2/h3-8,20H,9H2,1-2H3/b18-15-. The average molecular weight is 335 g/mol. The van der Waals surface area contributed by atoms with Crippen LogP contribution in [0, 0.1) is 6.92 Å². The highest BCUT2D eigenvalue weighted by molar-refractivity contribution is 6.33. The molecule has 1 aromatic heterocycles. The van der Waals surface area contributed by atoms with Gasteiger partial charge < -0.3 is 14.6 Å². The van der Waals surface area contributed by atoms with E-state index in [0.717, 1.165) is 11.1 Å². The number of aromatic nitrogens is 1. The minimum atomic E-state index is -0.773. The van der Waals surface area contributed by atoms with Gasteiger partial charge in [0.15, 0.2) is 0 Å². The summed E-state index contributed by atoms with van der Waals surface area (Å²) in [6.45, 7) is 1.23. The van der Waals surface area contributed by atoms with Crippen molar-refractivity contribution in [2.75, 3.05) is 13.8 Å². The molecule has 0 amide bonds. The van der Waals surface area contributed by atoms with Crippen molar-refractivity contribution in [3.8, 4) is 17.0 Å². The molecule has 23 heavy (non-hydrogen) atoms. The first-order valence-corrected chi connectivity index (χ1v) is 7.08. The van der Waals surface area contributed by atoms with Crippen molar-refractivity contribution in [1.82, 2.24) is 4.98 Å². The Balaban J connectivity index is 2.37. The van der Waals surface area contributed by atoms with Crippen molar-refractivity contribution in [3.63, 3.8) is 0 Å². The van der Waals surface area contributed by atoms with Crippen LogP contribution in [0.5, 0.6) is 5.75 Å². The van der Waals surface area contributed by atoms with Gasteiger partial charge in [0.2, 0.25) is 0 Å². The van der Waals surface area contributed by atoms with Crippen LogP contribution in [0.25, 0.3) is 11.3 Å². The van der Waals surface area contributed by atoms with Crippen LogP contribution in [-0.4, -0.2) is 35.8 Å². The van der Waals surface area contributed by atoms with E-state index in [-0.39, 0.29) is 5.90 Å². The monoisotopic (exact) mass is 334 g/mol. The lowest BCUT2D eigenvalue weighted by Gasteiger charge is -2.11. The number of ether oxygens (including phenoxy) is 2. The molecule has 0 fully saturated rings. The number of aliphatic imine (C=N–C) groups is 1. The number of carbonyl (C=O) groups is 1. The van der Waals surface area contributed by atoms with Crippen LogP contribution in [0.3, 0.4) is 0 Å². The zero-order chi connectivity index (χ0) is 16.8. The van der Waals surface area contributed by atoms with Gasteiger partial charge in [0.25, 0.3) is 0 Å². The molecule has 0 aliphatic carbocycles. The fourth-order valence-electron chi connectivity index (χ4n) is 1.83.